The summed E-state index contributed by atoms with van der Waals surface area (Å²) >= 11 is 0. The first kappa shape index (κ1) is 9.93. The molecule has 0 saturated carbocycles. The topological polar surface area (TPSA) is 46.3 Å². The van der Waals surface area contributed by atoms with Crippen LogP contribution in [0.2, 0.25) is 0 Å². The van der Waals surface area contributed by atoms with E-state index in [4.69, 9.17) is 9.52 Å². The van der Waals surface area contributed by atoms with Gasteiger partial charge in [0.2, 0.25) is 0 Å². The zero-order valence-corrected chi connectivity index (χ0v) is 8.39. The predicted molar refractivity (Wildman–Crippen MR) is 56.5 cm³/mol. The van der Waals surface area contributed by atoms with E-state index in [9.17, 15) is 0 Å². The summed E-state index contributed by atoms with van der Waals surface area (Å²) in [5.41, 5.74) is 1.20. The van der Waals surface area contributed by atoms with Gasteiger partial charge in [0.25, 0.3) is 0 Å². The average Bonchev–Trinajstić information content (AvgIpc) is 2.68. The second-order valence-corrected chi connectivity index (χ2v) is 3.36. The predicted octanol–water partition coefficient (Wildman–Crippen LogP) is 1.80. The number of rotatable bonds is 4. The Morgan fingerprint density at radius 3 is 2.73 bits per heavy atom. The van der Waals surface area contributed by atoms with Gasteiger partial charge in [-0.05, 0) is 5.56 Å². The number of aromatic nitrogens is 1. The molecule has 0 atom stereocenters. The van der Waals surface area contributed by atoms with E-state index in [1.807, 2.05) is 30.3 Å². The van der Waals surface area contributed by atoms with Crippen molar-refractivity contribution >= 4 is 0 Å². The molecule has 0 aliphatic heterocycles. The first-order valence-electron chi connectivity index (χ1n) is 4.97. The maximum Gasteiger partial charge on any atom is 0.196 e. The van der Waals surface area contributed by atoms with Crippen LogP contribution in [0.25, 0.3) is 0 Å². The van der Waals surface area contributed by atoms with E-state index in [1.54, 1.807) is 6.20 Å². The van der Waals surface area contributed by atoms with Crippen LogP contribution >= 0.6 is 0 Å². The van der Waals surface area contributed by atoms with Gasteiger partial charge in [-0.15, -0.1) is 0 Å². The second-order valence-electron chi connectivity index (χ2n) is 3.36. The summed E-state index contributed by atoms with van der Waals surface area (Å²) in [5.74, 6) is 1.44. The Morgan fingerprint density at radius 1 is 1.20 bits per heavy atom. The molecule has 0 radical (unpaired) electrons. The van der Waals surface area contributed by atoms with Gasteiger partial charge in [-0.1, -0.05) is 30.3 Å². The molecule has 0 spiro atoms. The SMILES string of the molecule is OCCc1ncc(Cc2ccccc2)o1. The van der Waals surface area contributed by atoms with Crippen LogP contribution in [0.3, 0.4) is 0 Å². The van der Waals surface area contributed by atoms with E-state index in [2.05, 4.69) is 4.98 Å². The van der Waals surface area contributed by atoms with E-state index >= 15 is 0 Å². The lowest BCUT2D eigenvalue weighted by Gasteiger charge is -1.96. The highest BCUT2D eigenvalue weighted by atomic mass is 16.4. The Hall–Kier alpha value is -1.61. The summed E-state index contributed by atoms with van der Waals surface area (Å²) in [5, 5.41) is 8.72. The largest absolute Gasteiger partial charge is 0.445 e. The van der Waals surface area contributed by atoms with Crippen LogP contribution in [-0.4, -0.2) is 16.7 Å². The van der Waals surface area contributed by atoms with Gasteiger partial charge in [-0.2, -0.15) is 0 Å². The van der Waals surface area contributed by atoms with Gasteiger partial charge < -0.3 is 9.52 Å². The molecule has 0 amide bonds. The number of oxazole rings is 1. The smallest absolute Gasteiger partial charge is 0.196 e. The molecule has 2 rings (SSSR count). The van der Waals surface area contributed by atoms with Gasteiger partial charge in [0, 0.05) is 12.8 Å². The van der Waals surface area contributed by atoms with Crippen molar-refractivity contribution in [2.45, 2.75) is 12.8 Å². The summed E-state index contributed by atoms with van der Waals surface area (Å²) in [4.78, 5) is 4.08. The molecule has 78 valence electrons. The molecule has 1 N–H and O–H groups in total. The van der Waals surface area contributed by atoms with Crippen LogP contribution in [0.5, 0.6) is 0 Å². The fraction of sp³-hybridized carbons (Fsp3) is 0.250. The molecule has 0 bridgehead atoms. The highest BCUT2D eigenvalue weighted by molar-refractivity contribution is 5.19. The fourth-order valence-corrected chi connectivity index (χ4v) is 1.44. The second kappa shape index (κ2) is 4.75. The van der Waals surface area contributed by atoms with Crippen molar-refractivity contribution in [2.24, 2.45) is 0 Å². The molecule has 15 heavy (non-hydrogen) atoms. The van der Waals surface area contributed by atoms with Crippen LogP contribution in [0.4, 0.5) is 0 Å². The Kier molecular flexibility index (Phi) is 3.15. The molecule has 0 aliphatic rings. The maximum absolute atomic E-state index is 8.72. The monoisotopic (exact) mass is 203 g/mol. The van der Waals surface area contributed by atoms with E-state index in [0.717, 1.165) is 12.2 Å². The number of aliphatic hydroxyl groups excluding tert-OH is 1. The number of hydrogen-bond acceptors (Lipinski definition) is 3. The molecule has 0 aliphatic carbocycles. The lowest BCUT2D eigenvalue weighted by molar-refractivity contribution is 0.283. The third-order valence-electron chi connectivity index (χ3n) is 2.15. The summed E-state index contributed by atoms with van der Waals surface area (Å²) in [7, 11) is 0. The number of benzene rings is 1. The molecule has 3 heteroatoms. The molecule has 0 saturated heterocycles. The number of aliphatic hydroxyl groups is 1. The minimum Gasteiger partial charge on any atom is -0.445 e. The molecule has 0 fully saturated rings. The molecule has 1 aromatic carbocycles. The quantitative estimate of drug-likeness (QED) is 0.824. The molecule has 1 aromatic heterocycles. The van der Waals surface area contributed by atoms with Gasteiger partial charge in [-0.25, -0.2) is 4.98 Å². The Morgan fingerprint density at radius 2 is 2.00 bits per heavy atom. The molecular formula is C12H13NO2. The Bertz CT molecular complexity index is 409. The average molecular weight is 203 g/mol. The first-order chi connectivity index (χ1) is 7.38. The van der Waals surface area contributed by atoms with Crippen molar-refractivity contribution in [1.29, 1.82) is 0 Å². The highest BCUT2D eigenvalue weighted by Crippen LogP contribution is 2.10. The van der Waals surface area contributed by atoms with Gasteiger partial charge in [0.15, 0.2) is 5.89 Å². The van der Waals surface area contributed by atoms with Crippen molar-refractivity contribution in [3.63, 3.8) is 0 Å². The van der Waals surface area contributed by atoms with E-state index in [1.165, 1.54) is 5.56 Å². The lowest BCUT2D eigenvalue weighted by Crippen LogP contribution is -1.89. The Labute approximate surface area is 88.4 Å². The highest BCUT2D eigenvalue weighted by Gasteiger charge is 2.03. The minimum atomic E-state index is 0.0747. The van der Waals surface area contributed by atoms with Crippen LogP contribution in [0.15, 0.2) is 40.9 Å². The summed E-state index contributed by atoms with van der Waals surface area (Å²) in [6, 6.07) is 10.1. The van der Waals surface area contributed by atoms with Crippen molar-refractivity contribution < 1.29 is 9.52 Å². The molecule has 1 heterocycles. The summed E-state index contributed by atoms with van der Waals surface area (Å²) in [6.07, 6.45) is 2.95. The van der Waals surface area contributed by atoms with Crippen molar-refractivity contribution in [3.8, 4) is 0 Å². The van der Waals surface area contributed by atoms with Crippen LogP contribution in [0.1, 0.15) is 17.2 Å². The zero-order valence-electron chi connectivity index (χ0n) is 8.39. The first-order valence-corrected chi connectivity index (χ1v) is 4.97. The minimum absolute atomic E-state index is 0.0747. The van der Waals surface area contributed by atoms with Crippen molar-refractivity contribution in [3.05, 3.63) is 53.7 Å². The fourth-order valence-electron chi connectivity index (χ4n) is 1.44. The van der Waals surface area contributed by atoms with Gasteiger partial charge >= 0.3 is 0 Å². The van der Waals surface area contributed by atoms with E-state index in [0.29, 0.717) is 12.3 Å². The van der Waals surface area contributed by atoms with Crippen molar-refractivity contribution in [1.82, 2.24) is 4.98 Å². The lowest BCUT2D eigenvalue weighted by atomic mass is 10.1. The summed E-state index contributed by atoms with van der Waals surface area (Å²) < 4.78 is 5.46. The van der Waals surface area contributed by atoms with Crippen LogP contribution < -0.4 is 0 Å². The zero-order chi connectivity index (χ0) is 10.5. The third-order valence-corrected chi connectivity index (χ3v) is 2.15. The van der Waals surface area contributed by atoms with Gasteiger partial charge in [-0.3, -0.25) is 0 Å². The number of nitrogens with zero attached hydrogens (tertiary/aromatic N) is 1. The molecule has 0 unspecified atom stereocenters. The third kappa shape index (κ3) is 2.67. The summed E-state index contributed by atoms with van der Waals surface area (Å²) in [6.45, 7) is 0.0747. The maximum atomic E-state index is 8.72. The molecule has 3 nitrogen and oxygen atoms in total. The van der Waals surface area contributed by atoms with Crippen LogP contribution in [0, 0.1) is 0 Å². The van der Waals surface area contributed by atoms with Gasteiger partial charge in [0.05, 0.1) is 12.8 Å². The Balaban J connectivity index is 2.05. The number of hydrogen-bond donors (Lipinski definition) is 1. The van der Waals surface area contributed by atoms with E-state index in [-0.39, 0.29) is 6.61 Å². The van der Waals surface area contributed by atoms with E-state index < -0.39 is 0 Å². The van der Waals surface area contributed by atoms with Crippen molar-refractivity contribution in [2.75, 3.05) is 6.61 Å². The standard InChI is InChI=1S/C12H13NO2/c14-7-6-12-13-9-11(15-12)8-10-4-2-1-3-5-10/h1-5,9,14H,6-8H2. The van der Waals surface area contributed by atoms with Crippen LogP contribution in [-0.2, 0) is 12.8 Å². The normalized spacial score (nSPS) is 10.5. The molecule has 2 aromatic rings. The van der Waals surface area contributed by atoms with Gasteiger partial charge in [0.1, 0.15) is 5.76 Å². The molecular weight excluding hydrogens is 190 g/mol.